The number of para-hydroxylation sites is 1. The molecule has 2 heterocycles. The van der Waals surface area contributed by atoms with E-state index in [4.69, 9.17) is 0 Å². The second-order valence-corrected chi connectivity index (χ2v) is 6.26. The van der Waals surface area contributed by atoms with Gasteiger partial charge in [0.15, 0.2) is 0 Å². The van der Waals surface area contributed by atoms with Crippen molar-refractivity contribution in [2.45, 2.75) is 6.42 Å². The third-order valence-electron chi connectivity index (χ3n) is 3.56. The average molecular weight is 341 g/mol. The first-order valence-electron chi connectivity index (χ1n) is 7.38. The molecule has 2 N–H and O–H groups in total. The molecule has 0 fully saturated rings. The highest BCUT2D eigenvalue weighted by molar-refractivity contribution is 7.16. The van der Waals surface area contributed by atoms with E-state index in [1.165, 1.54) is 12.1 Å². The van der Waals surface area contributed by atoms with Gasteiger partial charge in [-0.1, -0.05) is 29.5 Å². The van der Waals surface area contributed by atoms with E-state index in [0.29, 0.717) is 11.4 Å². The number of H-pyrrole nitrogens is 1. The van der Waals surface area contributed by atoms with Crippen LogP contribution in [0.25, 0.3) is 17.0 Å². The molecule has 1 aromatic carbocycles. The Balaban J connectivity index is 1.52. The first-order chi connectivity index (χ1) is 11.6. The highest BCUT2D eigenvalue weighted by Gasteiger charge is 2.08. The molecule has 3 rings (SSSR count). The van der Waals surface area contributed by atoms with E-state index >= 15 is 0 Å². The van der Waals surface area contributed by atoms with Gasteiger partial charge in [-0.15, -0.1) is 0 Å². The van der Waals surface area contributed by atoms with E-state index in [2.05, 4.69) is 10.3 Å². The van der Waals surface area contributed by atoms with Crippen LogP contribution in [0.3, 0.4) is 0 Å². The van der Waals surface area contributed by atoms with Crippen LogP contribution in [0.15, 0.2) is 48.7 Å². The third-order valence-corrected chi connectivity index (χ3v) is 4.56. The Morgan fingerprint density at radius 1 is 1.29 bits per heavy atom. The molecule has 6 nitrogen and oxygen atoms in total. The average Bonchev–Trinajstić information content (AvgIpc) is 3.20. The van der Waals surface area contributed by atoms with Gasteiger partial charge in [-0.25, -0.2) is 0 Å². The summed E-state index contributed by atoms with van der Waals surface area (Å²) in [6, 6.07) is 11.1. The van der Waals surface area contributed by atoms with E-state index in [9.17, 15) is 14.9 Å². The largest absolute Gasteiger partial charge is 0.361 e. The van der Waals surface area contributed by atoms with Crippen molar-refractivity contribution < 1.29 is 9.72 Å². The van der Waals surface area contributed by atoms with E-state index < -0.39 is 4.92 Å². The normalized spacial score (nSPS) is 11.2. The minimum Gasteiger partial charge on any atom is -0.361 e. The molecular weight excluding hydrogens is 326 g/mol. The van der Waals surface area contributed by atoms with E-state index in [1.54, 1.807) is 12.1 Å². The van der Waals surface area contributed by atoms with Gasteiger partial charge < -0.3 is 10.3 Å². The molecule has 0 saturated carbocycles. The van der Waals surface area contributed by atoms with Gasteiger partial charge in [0, 0.05) is 40.7 Å². The number of nitrogens with zero attached hydrogens (tertiary/aromatic N) is 1. The lowest BCUT2D eigenvalue weighted by atomic mass is 10.1. The summed E-state index contributed by atoms with van der Waals surface area (Å²) in [5.74, 6) is -0.217. The van der Waals surface area contributed by atoms with Crippen molar-refractivity contribution >= 4 is 39.2 Å². The van der Waals surface area contributed by atoms with Crippen LogP contribution in [0, 0.1) is 10.1 Å². The maximum Gasteiger partial charge on any atom is 0.324 e. The molecule has 2 aromatic heterocycles. The summed E-state index contributed by atoms with van der Waals surface area (Å²) in [5.41, 5.74) is 2.24. The number of hydrogen-bond donors (Lipinski definition) is 2. The predicted octanol–water partition coefficient (Wildman–Crippen LogP) is 3.51. The molecule has 1 amide bonds. The molecule has 7 heteroatoms. The number of hydrogen-bond acceptors (Lipinski definition) is 4. The Kier molecular flexibility index (Phi) is 4.72. The van der Waals surface area contributed by atoms with Crippen LogP contribution in [-0.4, -0.2) is 22.4 Å². The maximum absolute atomic E-state index is 11.8. The van der Waals surface area contributed by atoms with E-state index in [-0.39, 0.29) is 10.9 Å². The van der Waals surface area contributed by atoms with Gasteiger partial charge in [-0.05, 0) is 30.2 Å². The molecule has 0 unspecified atom stereocenters. The van der Waals surface area contributed by atoms with Crippen LogP contribution >= 0.6 is 11.3 Å². The van der Waals surface area contributed by atoms with Crippen molar-refractivity contribution in [1.29, 1.82) is 0 Å². The predicted molar refractivity (Wildman–Crippen MR) is 95.0 cm³/mol. The fourth-order valence-electron chi connectivity index (χ4n) is 2.41. The first-order valence-corrected chi connectivity index (χ1v) is 8.20. The van der Waals surface area contributed by atoms with Gasteiger partial charge in [0.25, 0.3) is 0 Å². The Hall–Kier alpha value is -2.93. The summed E-state index contributed by atoms with van der Waals surface area (Å²) in [5, 5.41) is 14.7. The SMILES string of the molecule is O=C(/C=C/c1ccc([N+](=O)[O-])s1)NCCc1c[nH]c2ccccc12. The summed E-state index contributed by atoms with van der Waals surface area (Å²) < 4.78 is 0. The zero-order valence-corrected chi connectivity index (χ0v) is 13.5. The Labute approximate surface area is 142 Å². The summed E-state index contributed by atoms with van der Waals surface area (Å²) in [7, 11) is 0. The van der Waals surface area contributed by atoms with Crippen LogP contribution in [0.1, 0.15) is 10.4 Å². The van der Waals surface area contributed by atoms with Crippen LogP contribution < -0.4 is 5.32 Å². The highest BCUT2D eigenvalue weighted by atomic mass is 32.1. The van der Waals surface area contributed by atoms with Crippen molar-refractivity contribution in [2.24, 2.45) is 0 Å². The van der Waals surface area contributed by atoms with E-state index in [1.807, 2.05) is 30.5 Å². The molecule has 0 aliphatic carbocycles. The monoisotopic (exact) mass is 341 g/mol. The number of aromatic amines is 1. The number of rotatable bonds is 6. The lowest BCUT2D eigenvalue weighted by Crippen LogP contribution is -2.23. The highest BCUT2D eigenvalue weighted by Crippen LogP contribution is 2.24. The minimum atomic E-state index is -0.441. The molecule has 3 aromatic rings. The molecule has 0 saturated heterocycles. The zero-order valence-electron chi connectivity index (χ0n) is 12.7. The summed E-state index contributed by atoms with van der Waals surface area (Å²) in [4.78, 5) is 25.9. The standard InChI is InChI=1S/C17H15N3O3S/c21-16(7-5-13-6-8-17(24-13)20(22)23)18-10-9-12-11-19-15-4-2-1-3-14(12)15/h1-8,11,19H,9-10H2,(H,18,21)/b7-5+. The maximum atomic E-state index is 11.8. The second kappa shape index (κ2) is 7.10. The van der Waals surface area contributed by atoms with Gasteiger partial charge in [0.2, 0.25) is 5.91 Å². The van der Waals surface area contributed by atoms with Crippen LogP contribution in [0.2, 0.25) is 0 Å². The van der Waals surface area contributed by atoms with Crippen molar-refractivity contribution in [1.82, 2.24) is 10.3 Å². The van der Waals surface area contributed by atoms with Gasteiger partial charge in [-0.3, -0.25) is 14.9 Å². The minimum absolute atomic E-state index is 0.0643. The summed E-state index contributed by atoms with van der Waals surface area (Å²) in [6.07, 6.45) is 5.66. The Morgan fingerprint density at radius 3 is 2.92 bits per heavy atom. The fraction of sp³-hybridized carbons (Fsp3) is 0.118. The molecule has 0 atom stereocenters. The van der Waals surface area contributed by atoms with Gasteiger partial charge in [-0.2, -0.15) is 0 Å². The number of aromatic nitrogens is 1. The zero-order chi connectivity index (χ0) is 16.9. The summed E-state index contributed by atoms with van der Waals surface area (Å²) in [6.45, 7) is 0.523. The molecule has 0 aliphatic heterocycles. The van der Waals surface area contributed by atoms with E-state index in [0.717, 1.165) is 34.2 Å². The first kappa shape index (κ1) is 15.9. The lowest BCUT2D eigenvalue weighted by Gasteiger charge is -2.01. The molecular formula is C17H15N3O3S. The van der Waals surface area contributed by atoms with Gasteiger partial charge in [0.05, 0.1) is 4.92 Å². The Morgan fingerprint density at radius 2 is 2.12 bits per heavy atom. The smallest absolute Gasteiger partial charge is 0.324 e. The van der Waals surface area contributed by atoms with Crippen LogP contribution in [0.4, 0.5) is 5.00 Å². The van der Waals surface area contributed by atoms with Gasteiger partial charge in [0.1, 0.15) is 0 Å². The molecule has 0 radical (unpaired) electrons. The van der Waals surface area contributed by atoms with Crippen molar-refractivity contribution in [2.75, 3.05) is 6.54 Å². The van der Waals surface area contributed by atoms with Crippen molar-refractivity contribution in [3.05, 3.63) is 69.2 Å². The van der Waals surface area contributed by atoms with Crippen molar-refractivity contribution in [3.8, 4) is 0 Å². The summed E-state index contributed by atoms with van der Waals surface area (Å²) >= 11 is 1.04. The number of nitro groups is 1. The number of amides is 1. The van der Waals surface area contributed by atoms with Gasteiger partial charge >= 0.3 is 5.00 Å². The Bertz CT molecular complexity index is 911. The van der Waals surface area contributed by atoms with Crippen LogP contribution in [0.5, 0.6) is 0 Å². The molecule has 122 valence electrons. The number of benzene rings is 1. The number of thiophene rings is 1. The fourth-order valence-corrected chi connectivity index (χ4v) is 3.13. The number of carbonyl (C=O) groups is 1. The van der Waals surface area contributed by atoms with Crippen LogP contribution in [-0.2, 0) is 11.2 Å². The number of nitrogens with one attached hydrogen (secondary N) is 2. The third kappa shape index (κ3) is 3.69. The number of fused-ring (bicyclic) bond motifs is 1. The number of carbonyl (C=O) groups excluding carboxylic acids is 1. The molecule has 0 bridgehead atoms. The second-order valence-electron chi connectivity index (χ2n) is 5.17. The topological polar surface area (TPSA) is 88.0 Å². The lowest BCUT2D eigenvalue weighted by molar-refractivity contribution is -0.380. The molecule has 24 heavy (non-hydrogen) atoms. The quantitative estimate of drug-likeness (QED) is 0.408. The van der Waals surface area contributed by atoms with Crippen molar-refractivity contribution in [3.63, 3.8) is 0 Å². The molecule has 0 aliphatic rings. The molecule has 0 spiro atoms.